The molecule has 0 saturated heterocycles. The topological polar surface area (TPSA) is 24.1 Å². The lowest BCUT2D eigenvalue weighted by molar-refractivity contribution is 0.612. The van der Waals surface area contributed by atoms with Crippen molar-refractivity contribution in [2.75, 3.05) is 17.2 Å². The third-order valence-corrected chi connectivity index (χ3v) is 2.79. The molecule has 0 spiro atoms. The Bertz CT molecular complexity index is 338. The summed E-state index contributed by atoms with van der Waals surface area (Å²) in [4.78, 5) is 0. The van der Waals surface area contributed by atoms with Crippen molar-refractivity contribution in [2.24, 2.45) is 0 Å². The van der Waals surface area contributed by atoms with Gasteiger partial charge in [-0.3, -0.25) is 0 Å². The highest BCUT2D eigenvalue weighted by atomic mass is 19.1. The van der Waals surface area contributed by atoms with Crippen LogP contribution in [0.4, 0.5) is 15.8 Å². The van der Waals surface area contributed by atoms with Gasteiger partial charge in [0.15, 0.2) is 0 Å². The molecular formula is C12H17FN2. The third kappa shape index (κ3) is 2.41. The summed E-state index contributed by atoms with van der Waals surface area (Å²) in [5.41, 5.74) is 1.89. The lowest BCUT2D eigenvalue weighted by Gasteiger charge is -2.28. The van der Waals surface area contributed by atoms with Crippen molar-refractivity contribution in [3.8, 4) is 0 Å². The van der Waals surface area contributed by atoms with E-state index in [0.29, 0.717) is 6.04 Å². The maximum Gasteiger partial charge on any atom is 0.125 e. The molecule has 1 heterocycles. The molecule has 1 aliphatic heterocycles. The average molecular weight is 208 g/mol. The van der Waals surface area contributed by atoms with Gasteiger partial charge in [0, 0.05) is 12.6 Å². The van der Waals surface area contributed by atoms with Crippen molar-refractivity contribution >= 4 is 11.4 Å². The molecule has 0 aliphatic carbocycles. The normalized spacial score (nSPS) is 18.9. The Morgan fingerprint density at radius 1 is 1.40 bits per heavy atom. The van der Waals surface area contributed by atoms with E-state index >= 15 is 0 Å². The third-order valence-electron chi connectivity index (χ3n) is 2.79. The summed E-state index contributed by atoms with van der Waals surface area (Å²) in [6.45, 7) is 3.08. The van der Waals surface area contributed by atoms with Gasteiger partial charge in [-0.05, 0) is 24.6 Å². The number of rotatable bonds is 3. The molecule has 15 heavy (non-hydrogen) atoms. The summed E-state index contributed by atoms with van der Waals surface area (Å²) in [5.74, 6) is -0.185. The van der Waals surface area contributed by atoms with E-state index in [9.17, 15) is 4.39 Å². The molecule has 1 aromatic carbocycles. The predicted octanol–water partition coefficient (Wildman–Crippen LogP) is 3.22. The first-order chi connectivity index (χ1) is 7.29. The van der Waals surface area contributed by atoms with E-state index in [0.717, 1.165) is 17.9 Å². The zero-order chi connectivity index (χ0) is 10.7. The van der Waals surface area contributed by atoms with Crippen LogP contribution in [-0.4, -0.2) is 12.6 Å². The Morgan fingerprint density at radius 2 is 2.27 bits per heavy atom. The highest BCUT2D eigenvalue weighted by Crippen LogP contribution is 2.27. The number of hydrogen-bond donors (Lipinski definition) is 2. The Kier molecular flexibility index (Phi) is 3.09. The summed E-state index contributed by atoms with van der Waals surface area (Å²) in [7, 11) is 0. The average Bonchev–Trinajstić information content (AvgIpc) is 2.26. The Balaban J connectivity index is 2.03. The fourth-order valence-corrected chi connectivity index (χ4v) is 1.92. The van der Waals surface area contributed by atoms with Gasteiger partial charge in [0.05, 0.1) is 11.4 Å². The molecule has 2 N–H and O–H groups in total. The smallest absolute Gasteiger partial charge is 0.125 e. The second-order valence-electron chi connectivity index (χ2n) is 4.05. The summed E-state index contributed by atoms with van der Waals surface area (Å²) in [5, 5.41) is 6.69. The lowest BCUT2D eigenvalue weighted by atomic mass is 10.1. The summed E-state index contributed by atoms with van der Waals surface area (Å²) in [6.07, 6.45) is 3.62. The van der Waals surface area contributed by atoms with Crippen LogP contribution in [0.15, 0.2) is 18.2 Å². The molecule has 0 amide bonds. The van der Waals surface area contributed by atoms with Crippen molar-refractivity contribution < 1.29 is 4.39 Å². The van der Waals surface area contributed by atoms with Crippen LogP contribution in [0.5, 0.6) is 0 Å². The molecule has 0 fully saturated rings. The number of hydrogen-bond acceptors (Lipinski definition) is 2. The number of benzene rings is 1. The predicted molar refractivity (Wildman–Crippen MR) is 61.8 cm³/mol. The van der Waals surface area contributed by atoms with Crippen molar-refractivity contribution in [3.05, 3.63) is 24.0 Å². The minimum absolute atomic E-state index is 0.185. The zero-order valence-corrected chi connectivity index (χ0v) is 9.02. The molecule has 2 nitrogen and oxygen atoms in total. The van der Waals surface area contributed by atoms with Crippen molar-refractivity contribution in [2.45, 2.75) is 32.2 Å². The second-order valence-corrected chi connectivity index (χ2v) is 4.05. The van der Waals surface area contributed by atoms with Crippen LogP contribution in [0.2, 0.25) is 0 Å². The van der Waals surface area contributed by atoms with Crippen molar-refractivity contribution in [1.82, 2.24) is 0 Å². The molecule has 0 bridgehead atoms. The van der Waals surface area contributed by atoms with Crippen LogP contribution >= 0.6 is 0 Å². The summed E-state index contributed by atoms with van der Waals surface area (Å²) in [6, 6.07) is 5.31. The van der Waals surface area contributed by atoms with Crippen LogP contribution in [0, 0.1) is 5.82 Å². The lowest BCUT2D eigenvalue weighted by Crippen LogP contribution is -2.32. The maximum absolute atomic E-state index is 12.9. The van der Waals surface area contributed by atoms with Gasteiger partial charge in [0.1, 0.15) is 5.82 Å². The van der Waals surface area contributed by atoms with Gasteiger partial charge in [-0.25, -0.2) is 4.39 Å². The van der Waals surface area contributed by atoms with Gasteiger partial charge in [0.2, 0.25) is 0 Å². The molecule has 2 rings (SSSR count). The van der Waals surface area contributed by atoms with Gasteiger partial charge in [-0.1, -0.05) is 19.8 Å². The van der Waals surface area contributed by atoms with Gasteiger partial charge in [0.25, 0.3) is 0 Å². The van der Waals surface area contributed by atoms with E-state index in [1.165, 1.54) is 25.3 Å². The van der Waals surface area contributed by atoms with Crippen molar-refractivity contribution in [1.29, 1.82) is 0 Å². The van der Waals surface area contributed by atoms with Crippen LogP contribution < -0.4 is 10.6 Å². The fraction of sp³-hybridized carbons (Fsp3) is 0.500. The van der Waals surface area contributed by atoms with Gasteiger partial charge >= 0.3 is 0 Å². The van der Waals surface area contributed by atoms with Gasteiger partial charge in [-0.15, -0.1) is 0 Å². The number of anilines is 2. The highest BCUT2D eigenvalue weighted by molar-refractivity contribution is 5.71. The Hall–Kier alpha value is -1.25. The Morgan fingerprint density at radius 3 is 3.07 bits per heavy atom. The molecule has 0 saturated carbocycles. The molecule has 1 unspecified atom stereocenters. The number of fused-ring (bicyclic) bond motifs is 1. The quantitative estimate of drug-likeness (QED) is 0.797. The Labute approximate surface area is 89.9 Å². The molecule has 82 valence electrons. The number of halogens is 1. The first kappa shape index (κ1) is 10.3. The van der Waals surface area contributed by atoms with E-state index in [1.54, 1.807) is 12.1 Å². The largest absolute Gasteiger partial charge is 0.381 e. The minimum atomic E-state index is -0.185. The molecule has 1 atom stereocenters. The maximum atomic E-state index is 12.9. The van der Waals surface area contributed by atoms with Crippen molar-refractivity contribution in [3.63, 3.8) is 0 Å². The van der Waals surface area contributed by atoms with Gasteiger partial charge in [-0.2, -0.15) is 0 Å². The summed E-state index contributed by atoms with van der Waals surface area (Å²) < 4.78 is 12.9. The number of nitrogens with one attached hydrogen (secondary N) is 2. The zero-order valence-electron chi connectivity index (χ0n) is 9.02. The first-order valence-electron chi connectivity index (χ1n) is 5.59. The van der Waals surface area contributed by atoms with Crippen LogP contribution in [0.1, 0.15) is 26.2 Å². The van der Waals surface area contributed by atoms with E-state index < -0.39 is 0 Å². The molecular weight excluding hydrogens is 191 g/mol. The van der Waals surface area contributed by atoms with Crippen LogP contribution in [0.25, 0.3) is 0 Å². The number of unbranched alkanes of at least 4 members (excludes halogenated alkanes) is 1. The first-order valence-corrected chi connectivity index (χ1v) is 5.59. The second kappa shape index (κ2) is 4.51. The molecule has 1 aromatic rings. The van der Waals surface area contributed by atoms with Gasteiger partial charge < -0.3 is 10.6 Å². The SMILES string of the molecule is CCCCC1CNc2cc(F)ccc2N1. The van der Waals surface area contributed by atoms with E-state index in [2.05, 4.69) is 17.6 Å². The molecule has 1 aliphatic rings. The molecule has 3 heteroatoms. The van der Waals surface area contributed by atoms with Crippen LogP contribution in [0.3, 0.4) is 0 Å². The van der Waals surface area contributed by atoms with E-state index in [1.807, 2.05) is 0 Å². The highest BCUT2D eigenvalue weighted by Gasteiger charge is 2.16. The van der Waals surface area contributed by atoms with E-state index in [-0.39, 0.29) is 5.82 Å². The monoisotopic (exact) mass is 208 g/mol. The summed E-state index contributed by atoms with van der Waals surface area (Å²) >= 11 is 0. The standard InChI is InChI=1S/C12H17FN2/c1-2-3-4-10-8-14-12-7-9(13)5-6-11(12)15-10/h5-7,10,14-15H,2-4,8H2,1H3. The van der Waals surface area contributed by atoms with E-state index in [4.69, 9.17) is 0 Å². The molecule has 0 aromatic heterocycles. The fourth-order valence-electron chi connectivity index (χ4n) is 1.92. The molecule has 0 radical (unpaired) electrons. The minimum Gasteiger partial charge on any atom is -0.381 e. The van der Waals surface area contributed by atoms with Crippen LogP contribution in [-0.2, 0) is 0 Å².